The first-order chi connectivity index (χ1) is 15.6. The summed E-state index contributed by atoms with van der Waals surface area (Å²) in [4.78, 5) is 0. The van der Waals surface area contributed by atoms with E-state index in [2.05, 4.69) is 5.32 Å². The van der Waals surface area contributed by atoms with E-state index in [9.17, 15) is 26.3 Å². The minimum absolute atomic E-state index is 0.0720. The topological polar surface area (TPSA) is 21.3 Å². The van der Waals surface area contributed by atoms with Crippen molar-refractivity contribution in [1.29, 1.82) is 0 Å². The Morgan fingerprint density at radius 2 is 1.18 bits per heavy atom. The molecule has 3 aromatic rings. The van der Waals surface area contributed by atoms with Crippen LogP contribution in [0.5, 0.6) is 0 Å². The Balaban J connectivity index is 1.81. The van der Waals surface area contributed by atoms with Gasteiger partial charge in [0, 0.05) is 12.0 Å². The van der Waals surface area contributed by atoms with Crippen molar-refractivity contribution in [2.24, 2.45) is 0 Å². The average Bonchev–Trinajstić information content (AvgIpc) is 2.78. The molecule has 1 atom stereocenters. The second-order valence-electron chi connectivity index (χ2n) is 7.62. The molecule has 0 saturated carbocycles. The largest absolute Gasteiger partial charge is 0.416 e. The SMILES string of the molecule is CNC(COCc1cc(C(F)(F)F)cc(C(F)(F)F)c1)C(c1ccccc1)c1ccccc1. The van der Waals surface area contributed by atoms with Crippen LogP contribution >= 0.6 is 0 Å². The molecule has 0 fully saturated rings. The average molecular weight is 467 g/mol. The van der Waals surface area contributed by atoms with Gasteiger partial charge in [0.15, 0.2) is 0 Å². The van der Waals surface area contributed by atoms with Gasteiger partial charge >= 0.3 is 12.4 Å². The Morgan fingerprint density at radius 3 is 1.58 bits per heavy atom. The summed E-state index contributed by atoms with van der Waals surface area (Å²) in [5.74, 6) is -0.135. The van der Waals surface area contributed by atoms with E-state index in [0.717, 1.165) is 11.1 Å². The van der Waals surface area contributed by atoms with E-state index in [-0.39, 0.29) is 36.8 Å². The van der Waals surface area contributed by atoms with Crippen molar-refractivity contribution in [3.8, 4) is 0 Å². The Bertz CT molecular complexity index is 947. The highest BCUT2D eigenvalue weighted by Crippen LogP contribution is 2.36. The van der Waals surface area contributed by atoms with Crippen LogP contribution in [0.2, 0.25) is 0 Å². The van der Waals surface area contributed by atoms with Crippen LogP contribution in [-0.4, -0.2) is 19.7 Å². The molecule has 0 saturated heterocycles. The molecule has 2 nitrogen and oxygen atoms in total. The summed E-state index contributed by atoms with van der Waals surface area (Å²) in [6, 6.07) is 20.5. The summed E-state index contributed by atoms with van der Waals surface area (Å²) in [5.41, 5.74) is -0.891. The zero-order chi connectivity index (χ0) is 24.1. The van der Waals surface area contributed by atoms with Crippen molar-refractivity contribution < 1.29 is 31.1 Å². The van der Waals surface area contributed by atoms with Gasteiger partial charge in [0.2, 0.25) is 0 Å². The molecule has 0 amide bonds. The third kappa shape index (κ3) is 6.58. The van der Waals surface area contributed by atoms with Crippen molar-refractivity contribution in [2.45, 2.75) is 30.9 Å². The summed E-state index contributed by atoms with van der Waals surface area (Å²) in [6.07, 6.45) is -9.79. The molecule has 8 heteroatoms. The first kappa shape index (κ1) is 24.8. The van der Waals surface area contributed by atoms with Crippen molar-refractivity contribution in [3.63, 3.8) is 0 Å². The number of hydrogen-bond acceptors (Lipinski definition) is 2. The van der Waals surface area contributed by atoms with Gasteiger partial charge in [0.05, 0.1) is 24.3 Å². The number of rotatable bonds is 8. The molecular formula is C25H23F6NO. The Labute approximate surface area is 188 Å². The number of nitrogens with one attached hydrogen (secondary N) is 1. The summed E-state index contributed by atoms with van der Waals surface area (Å²) in [7, 11) is 1.74. The molecule has 0 aliphatic heterocycles. The van der Waals surface area contributed by atoms with E-state index in [0.29, 0.717) is 12.1 Å². The molecule has 0 aliphatic rings. The first-order valence-electron chi connectivity index (χ1n) is 10.2. The van der Waals surface area contributed by atoms with Gasteiger partial charge in [-0.2, -0.15) is 26.3 Å². The smallest absolute Gasteiger partial charge is 0.375 e. The van der Waals surface area contributed by atoms with Crippen LogP contribution in [0.25, 0.3) is 0 Å². The van der Waals surface area contributed by atoms with Crippen LogP contribution in [-0.2, 0) is 23.7 Å². The molecular weight excluding hydrogens is 444 g/mol. The normalized spacial score (nSPS) is 13.3. The maximum atomic E-state index is 13.1. The van der Waals surface area contributed by atoms with Gasteiger partial charge in [-0.15, -0.1) is 0 Å². The van der Waals surface area contributed by atoms with Gasteiger partial charge in [-0.25, -0.2) is 0 Å². The lowest BCUT2D eigenvalue weighted by Crippen LogP contribution is -2.37. The van der Waals surface area contributed by atoms with Gasteiger partial charge < -0.3 is 10.1 Å². The van der Waals surface area contributed by atoms with Crippen LogP contribution in [0, 0.1) is 0 Å². The van der Waals surface area contributed by atoms with E-state index in [1.54, 1.807) is 7.05 Å². The molecule has 1 N–H and O–H groups in total. The highest BCUT2D eigenvalue weighted by molar-refractivity contribution is 5.35. The fourth-order valence-corrected chi connectivity index (χ4v) is 3.73. The maximum Gasteiger partial charge on any atom is 0.416 e. The van der Waals surface area contributed by atoms with Crippen molar-refractivity contribution in [1.82, 2.24) is 5.32 Å². The molecule has 0 aliphatic carbocycles. The van der Waals surface area contributed by atoms with Crippen molar-refractivity contribution >= 4 is 0 Å². The van der Waals surface area contributed by atoms with Crippen LogP contribution < -0.4 is 5.32 Å². The highest BCUT2D eigenvalue weighted by Gasteiger charge is 2.37. The maximum absolute atomic E-state index is 13.1. The van der Waals surface area contributed by atoms with Gasteiger partial charge in [-0.3, -0.25) is 0 Å². The molecule has 176 valence electrons. The Morgan fingerprint density at radius 1 is 0.727 bits per heavy atom. The zero-order valence-electron chi connectivity index (χ0n) is 17.8. The van der Waals surface area contributed by atoms with Crippen LogP contribution in [0.3, 0.4) is 0 Å². The fourth-order valence-electron chi connectivity index (χ4n) is 3.73. The summed E-state index contributed by atoms with van der Waals surface area (Å²) in [6.45, 7) is -0.315. The van der Waals surface area contributed by atoms with Crippen molar-refractivity contribution in [3.05, 3.63) is 107 Å². The van der Waals surface area contributed by atoms with Gasteiger partial charge in [-0.1, -0.05) is 60.7 Å². The Hall–Kier alpha value is -2.84. The van der Waals surface area contributed by atoms with E-state index in [1.165, 1.54) is 0 Å². The van der Waals surface area contributed by atoms with E-state index in [4.69, 9.17) is 4.74 Å². The van der Waals surface area contributed by atoms with E-state index >= 15 is 0 Å². The summed E-state index contributed by atoms with van der Waals surface area (Å²) < 4.78 is 84.3. The van der Waals surface area contributed by atoms with Gasteiger partial charge in [0.1, 0.15) is 0 Å². The lowest BCUT2D eigenvalue weighted by Gasteiger charge is -2.28. The molecule has 0 heterocycles. The second-order valence-corrected chi connectivity index (χ2v) is 7.62. The van der Waals surface area contributed by atoms with Crippen LogP contribution in [0.1, 0.15) is 33.7 Å². The third-order valence-corrected chi connectivity index (χ3v) is 5.30. The predicted octanol–water partition coefficient (Wildman–Crippen LogP) is 6.66. The number of hydrogen-bond donors (Lipinski definition) is 1. The molecule has 33 heavy (non-hydrogen) atoms. The number of likely N-dealkylation sites (N-methyl/N-ethyl adjacent to an activating group) is 1. The number of ether oxygens (including phenoxy) is 1. The lowest BCUT2D eigenvalue weighted by molar-refractivity contribution is -0.143. The standard InChI is InChI=1S/C25H23F6NO/c1-32-22(23(18-8-4-2-5-9-18)19-10-6-3-7-11-19)16-33-15-17-12-20(24(26,27)28)14-21(13-17)25(29,30)31/h2-14,22-23,32H,15-16H2,1H3. The number of alkyl halides is 6. The van der Waals surface area contributed by atoms with Gasteiger partial charge in [0.25, 0.3) is 0 Å². The lowest BCUT2D eigenvalue weighted by atomic mass is 9.85. The van der Waals surface area contributed by atoms with Crippen molar-refractivity contribution in [2.75, 3.05) is 13.7 Å². The molecule has 3 rings (SSSR count). The number of halogens is 6. The molecule has 0 radical (unpaired) electrons. The minimum atomic E-state index is -4.89. The summed E-state index contributed by atoms with van der Waals surface area (Å²) in [5, 5.41) is 3.17. The minimum Gasteiger partial charge on any atom is -0.375 e. The zero-order valence-corrected chi connectivity index (χ0v) is 17.8. The third-order valence-electron chi connectivity index (χ3n) is 5.30. The van der Waals surface area contributed by atoms with Crippen LogP contribution in [0.4, 0.5) is 26.3 Å². The second kappa shape index (κ2) is 10.4. The monoisotopic (exact) mass is 467 g/mol. The summed E-state index contributed by atoms with van der Waals surface area (Å²) >= 11 is 0. The molecule has 0 spiro atoms. The Kier molecular flexibility index (Phi) is 7.81. The van der Waals surface area contributed by atoms with E-state index in [1.807, 2.05) is 60.7 Å². The first-order valence-corrected chi connectivity index (χ1v) is 10.2. The molecule has 0 bridgehead atoms. The quantitative estimate of drug-likeness (QED) is 0.374. The molecule has 1 unspecified atom stereocenters. The van der Waals surface area contributed by atoms with Crippen LogP contribution in [0.15, 0.2) is 78.9 Å². The van der Waals surface area contributed by atoms with E-state index < -0.39 is 23.5 Å². The molecule has 3 aromatic carbocycles. The highest BCUT2D eigenvalue weighted by atomic mass is 19.4. The molecule has 0 aromatic heterocycles. The van der Waals surface area contributed by atoms with Gasteiger partial charge in [-0.05, 0) is 41.9 Å². The predicted molar refractivity (Wildman–Crippen MR) is 114 cm³/mol. The fraction of sp³-hybridized carbons (Fsp3) is 0.280. The number of benzene rings is 3.